The van der Waals surface area contributed by atoms with Gasteiger partial charge in [-0.05, 0) is 49.7 Å². The lowest BCUT2D eigenvalue weighted by molar-refractivity contribution is -0.143. The molecule has 0 saturated carbocycles. The molecule has 0 radical (unpaired) electrons. The minimum atomic E-state index is -0.889. The van der Waals surface area contributed by atoms with Gasteiger partial charge < -0.3 is 29.6 Å². The van der Waals surface area contributed by atoms with Crippen LogP contribution in [0.1, 0.15) is 31.0 Å². The average Bonchev–Trinajstić information content (AvgIpc) is 2.77. The summed E-state index contributed by atoms with van der Waals surface area (Å²) >= 11 is 6.61. The van der Waals surface area contributed by atoms with Crippen molar-refractivity contribution in [1.29, 1.82) is 0 Å². The Morgan fingerprint density at radius 2 is 1.69 bits per heavy atom. The maximum Gasteiger partial charge on any atom is 0.338 e. The highest BCUT2D eigenvalue weighted by Gasteiger charge is 2.36. The van der Waals surface area contributed by atoms with Gasteiger partial charge in [-0.2, -0.15) is 0 Å². The molecule has 3 rings (SSSR count). The first kappa shape index (κ1) is 23.3. The summed E-state index contributed by atoms with van der Waals surface area (Å²) in [6.07, 6.45) is -0.369. The number of halogens is 1. The van der Waals surface area contributed by atoms with E-state index < -0.39 is 18.0 Å². The minimum Gasteiger partial charge on any atom is -0.497 e. The maximum absolute atomic E-state index is 13.2. The Balaban J connectivity index is 2.23. The van der Waals surface area contributed by atoms with E-state index in [4.69, 9.17) is 30.5 Å². The van der Waals surface area contributed by atoms with Crippen LogP contribution in [0.2, 0.25) is 5.02 Å². The first-order valence-electron chi connectivity index (χ1n) is 9.88. The smallest absolute Gasteiger partial charge is 0.338 e. The third-order valence-corrected chi connectivity index (χ3v) is 5.23. The molecule has 8 nitrogen and oxygen atoms in total. The third kappa shape index (κ3) is 4.60. The molecule has 2 amide bonds. The fourth-order valence-electron chi connectivity index (χ4n) is 3.41. The van der Waals surface area contributed by atoms with E-state index >= 15 is 0 Å². The fraction of sp³-hybridized carbons (Fsp3) is 0.304. The molecule has 32 heavy (non-hydrogen) atoms. The van der Waals surface area contributed by atoms with Gasteiger partial charge in [0.1, 0.15) is 5.75 Å². The van der Waals surface area contributed by atoms with Crippen LogP contribution in [-0.4, -0.2) is 39.4 Å². The summed E-state index contributed by atoms with van der Waals surface area (Å²) in [6, 6.07) is 8.92. The summed E-state index contributed by atoms with van der Waals surface area (Å²) in [6.45, 7) is 3.50. The highest BCUT2D eigenvalue weighted by atomic mass is 35.5. The number of esters is 1. The van der Waals surface area contributed by atoms with Crippen molar-refractivity contribution < 1.29 is 28.5 Å². The first-order valence-corrected chi connectivity index (χ1v) is 10.3. The van der Waals surface area contributed by atoms with Gasteiger partial charge in [-0.25, -0.2) is 9.59 Å². The van der Waals surface area contributed by atoms with Gasteiger partial charge in [0.2, 0.25) is 0 Å². The van der Waals surface area contributed by atoms with E-state index in [1.807, 2.05) is 0 Å². The lowest BCUT2D eigenvalue weighted by atomic mass is 9.92. The highest BCUT2D eigenvalue weighted by molar-refractivity contribution is 6.33. The van der Waals surface area contributed by atoms with E-state index in [1.54, 1.807) is 57.4 Å². The lowest BCUT2D eigenvalue weighted by Crippen LogP contribution is -2.45. The van der Waals surface area contributed by atoms with Crippen molar-refractivity contribution in [1.82, 2.24) is 10.6 Å². The molecular weight excluding hydrogens is 436 g/mol. The number of nitrogens with one attached hydrogen (secondary N) is 2. The topological polar surface area (TPSA) is 95.1 Å². The summed E-state index contributed by atoms with van der Waals surface area (Å²) in [5.41, 5.74) is 1.59. The van der Waals surface area contributed by atoms with Crippen LogP contribution in [0.4, 0.5) is 4.79 Å². The van der Waals surface area contributed by atoms with Gasteiger partial charge in [0, 0.05) is 5.56 Å². The molecule has 1 unspecified atom stereocenters. The van der Waals surface area contributed by atoms with Gasteiger partial charge in [-0.3, -0.25) is 0 Å². The zero-order chi connectivity index (χ0) is 23.4. The van der Waals surface area contributed by atoms with Crippen LogP contribution < -0.4 is 24.8 Å². The number of benzene rings is 2. The van der Waals surface area contributed by atoms with E-state index in [2.05, 4.69) is 10.6 Å². The summed E-state index contributed by atoms with van der Waals surface area (Å²) in [7, 11) is 4.51. The van der Waals surface area contributed by atoms with Crippen LogP contribution in [0.5, 0.6) is 17.2 Å². The van der Waals surface area contributed by atoms with Crippen LogP contribution in [0.15, 0.2) is 42.0 Å². The van der Waals surface area contributed by atoms with Gasteiger partial charge in [0.15, 0.2) is 11.5 Å². The van der Waals surface area contributed by atoms with Crippen LogP contribution in [-0.2, 0) is 9.53 Å². The van der Waals surface area contributed by atoms with Crippen molar-refractivity contribution in [2.45, 2.75) is 26.0 Å². The second-order valence-corrected chi connectivity index (χ2v) is 7.58. The predicted octanol–water partition coefficient (Wildman–Crippen LogP) is 4.08. The predicted molar refractivity (Wildman–Crippen MR) is 120 cm³/mol. The van der Waals surface area contributed by atoms with Crippen LogP contribution in [0.25, 0.3) is 5.70 Å². The summed E-state index contributed by atoms with van der Waals surface area (Å²) in [4.78, 5) is 25.8. The SMILES string of the molecule is COc1ccc(C2=C(C(=O)OC(C)C)C(c3ccc(OC)c(OC)c3Cl)NC(=O)N2)cc1. The van der Waals surface area contributed by atoms with Crippen molar-refractivity contribution in [3.05, 3.63) is 58.1 Å². The summed E-state index contributed by atoms with van der Waals surface area (Å²) in [5.74, 6) is 0.767. The number of ether oxygens (including phenoxy) is 4. The Morgan fingerprint density at radius 3 is 2.25 bits per heavy atom. The molecule has 2 aromatic carbocycles. The molecule has 2 aromatic rings. The van der Waals surface area contributed by atoms with Gasteiger partial charge in [0.25, 0.3) is 0 Å². The number of hydrogen-bond acceptors (Lipinski definition) is 6. The van der Waals surface area contributed by atoms with Crippen LogP contribution in [0, 0.1) is 0 Å². The van der Waals surface area contributed by atoms with Crippen LogP contribution in [0.3, 0.4) is 0 Å². The number of hydrogen-bond donors (Lipinski definition) is 2. The molecule has 0 spiro atoms. The van der Waals surface area contributed by atoms with E-state index in [9.17, 15) is 9.59 Å². The monoisotopic (exact) mass is 460 g/mol. The van der Waals surface area contributed by atoms with E-state index in [0.717, 1.165) is 0 Å². The Hall–Kier alpha value is -3.39. The summed E-state index contributed by atoms with van der Waals surface area (Å²) in [5, 5.41) is 5.72. The van der Waals surface area contributed by atoms with Gasteiger partial charge >= 0.3 is 12.0 Å². The van der Waals surface area contributed by atoms with Gasteiger partial charge in [-0.1, -0.05) is 17.7 Å². The van der Waals surface area contributed by atoms with Crippen molar-refractivity contribution in [2.24, 2.45) is 0 Å². The normalized spacial score (nSPS) is 15.7. The number of urea groups is 1. The summed E-state index contributed by atoms with van der Waals surface area (Å²) < 4.78 is 21.4. The van der Waals surface area contributed by atoms with E-state index in [1.165, 1.54) is 14.2 Å². The average molecular weight is 461 g/mol. The minimum absolute atomic E-state index is 0.206. The fourth-order valence-corrected chi connectivity index (χ4v) is 3.75. The molecule has 1 atom stereocenters. The Bertz CT molecular complexity index is 1050. The zero-order valence-corrected chi connectivity index (χ0v) is 19.2. The molecule has 0 aliphatic carbocycles. The molecule has 1 heterocycles. The Morgan fingerprint density at radius 1 is 1.00 bits per heavy atom. The molecule has 0 bridgehead atoms. The van der Waals surface area contributed by atoms with Gasteiger partial charge in [0.05, 0.1) is 49.8 Å². The second-order valence-electron chi connectivity index (χ2n) is 7.21. The van der Waals surface area contributed by atoms with Crippen molar-refractivity contribution >= 4 is 29.3 Å². The van der Waals surface area contributed by atoms with E-state index in [0.29, 0.717) is 34.1 Å². The molecule has 0 fully saturated rings. The molecule has 170 valence electrons. The molecule has 1 aliphatic heterocycles. The molecule has 1 aliphatic rings. The third-order valence-electron chi connectivity index (χ3n) is 4.84. The number of amides is 2. The Labute approximate surface area is 191 Å². The quantitative estimate of drug-likeness (QED) is 0.604. The number of carbonyl (C=O) groups excluding carboxylic acids is 2. The van der Waals surface area contributed by atoms with Crippen molar-refractivity contribution in [3.63, 3.8) is 0 Å². The standard InChI is InChI=1S/C23H25ClN2O6/c1-12(2)32-22(27)17-19(13-6-8-14(29-3)9-7-13)25-23(28)26-20(17)15-10-11-16(30-4)21(31-5)18(15)24/h6-12,20H,1-5H3,(H2,25,26,28). The molecule has 2 N–H and O–H groups in total. The highest BCUT2D eigenvalue weighted by Crippen LogP contribution is 2.43. The maximum atomic E-state index is 13.2. The van der Waals surface area contributed by atoms with Crippen molar-refractivity contribution in [2.75, 3.05) is 21.3 Å². The van der Waals surface area contributed by atoms with Gasteiger partial charge in [-0.15, -0.1) is 0 Å². The second kappa shape index (κ2) is 9.82. The zero-order valence-electron chi connectivity index (χ0n) is 18.4. The lowest BCUT2D eigenvalue weighted by Gasteiger charge is -2.31. The molecule has 0 aromatic heterocycles. The molecular formula is C23H25ClN2O6. The van der Waals surface area contributed by atoms with Crippen LogP contribution >= 0.6 is 11.6 Å². The first-order chi connectivity index (χ1) is 15.3. The molecule has 9 heteroatoms. The number of rotatable bonds is 7. The Kier molecular flexibility index (Phi) is 7.15. The van der Waals surface area contributed by atoms with E-state index in [-0.39, 0.29) is 16.7 Å². The van der Waals surface area contributed by atoms with Crippen molar-refractivity contribution in [3.8, 4) is 17.2 Å². The number of methoxy groups -OCH3 is 3. The molecule has 0 saturated heterocycles. The number of carbonyl (C=O) groups is 2. The largest absolute Gasteiger partial charge is 0.497 e.